The summed E-state index contributed by atoms with van der Waals surface area (Å²) in [4.78, 5) is 25.5. The smallest absolute Gasteiger partial charge is 0.306 e. The summed E-state index contributed by atoms with van der Waals surface area (Å²) in [6.07, 6.45) is 68.1. The highest BCUT2D eigenvalue weighted by molar-refractivity contribution is 5.70. The van der Waals surface area contributed by atoms with Gasteiger partial charge in [0.2, 0.25) is 0 Å². The number of esters is 2. The van der Waals surface area contributed by atoms with Crippen LogP contribution in [0.1, 0.15) is 342 Å². The first kappa shape index (κ1) is 64.6. The minimum Gasteiger partial charge on any atom is -0.462 e. The Morgan fingerprint density at radius 2 is 0.591 bits per heavy atom. The van der Waals surface area contributed by atoms with Gasteiger partial charge in [-0.05, 0) is 44.9 Å². The van der Waals surface area contributed by atoms with Crippen molar-refractivity contribution in [3.63, 3.8) is 0 Å². The van der Waals surface area contributed by atoms with Crippen molar-refractivity contribution in [1.29, 1.82) is 0 Å². The summed E-state index contributed by atoms with van der Waals surface area (Å²) in [7, 11) is 0. The summed E-state index contributed by atoms with van der Waals surface area (Å²) in [6.45, 7) is 7.90. The molecule has 0 aromatic carbocycles. The van der Waals surface area contributed by atoms with Crippen molar-refractivity contribution >= 4 is 11.9 Å². The van der Waals surface area contributed by atoms with E-state index >= 15 is 0 Å². The zero-order valence-corrected chi connectivity index (χ0v) is 45.2. The molecule has 0 heterocycles. The molecule has 0 rings (SSSR count). The van der Waals surface area contributed by atoms with Gasteiger partial charge < -0.3 is 14.2 Å². The zero-order valence-electron chi connectivity index (χ0n) is 45.2. The zero-order chi connectivity index (χ0) is 47.7. The quantitative estimate of drug-likeness (QED) is 0.0345. The second-order valence-electron chi connectivity index (χ2n) is 20.6. The van der Waals surface area contributed by atoms with Gasteiger partial charge in [-0.25, -0.2) is 0 Å². The fourth-order valence-corrected chi connectivity index (χ4v) is 9.27. The van der Waals surface area contributed by atoms with Crippen LogP contribution in [-0.4, -0.2) is 37.9 Å². The Morgan fingerprint density at radius 3 is 0.924 bits per heavy atom. The molecule has 0 amide bonds. The Kier molecular flexibility index (Phi) is 56.8. The van der Waals surface area contributed by atoms with Gasteiger partial charge in [-0.15, -0.1) is 0 Å². The Morgan fingerprint density at radius 1 is 0.318 bits per heavy atom. The molecule has 0 fully saturated rings. The fourth-order valence-electron chi connectivity index (χ4n) is 9.27. The molecule has 0 saturated carbocycles. The van der Waals surface area contributed by atoms with E-state index in [2.05, 4.69) is 32.9 Å². The average molecular weight is 932 g/mol. The number of unbranched alkanes of at least 4 members (excludes halogenated alkanes) is 44. The number of allylic oxidation sites excluding steroid dienone is 2. The highest BCUT2D eigenvalue weighted by atomic mass is 16.6. The molecule has 0 saturated heterocycles. The van der Waals surface area contributed by atoms with Crippen molar-refractivity contribution in [3.05, 3.63) is 12.2 Å². The van der Waals surface area contributed by atoms with Crippen molar-refractivity contribution in [3.8, 4) is 0 Å². The van der Waals surface area contributed by atoms with E-state index in [4.69, 9.17) is 14.2 Å². The first-order valence-corrected chi connectivity index (χ1v) is 30.2. The lowest BCUT2D eigenvalue weighted by Crippen LogP contribution is -2.30. The van der Waals surface area contributed by atoms with Crippen molar-refractivity contribution in [2.24, 2.45) is 0 Å². The van der Waals surface area contributed by atoms with Crippen molar-refractivity contribution in [1.82, 2.24) is 0 Å². The van der Waals surface area contributed by atoms with E-state index in [1.54, 1.807) is 0 Å². The second-order valence-corrected chi connectivity index (χ2v) is 20.6. The van der Waals surface area contributed by atoms with Crippen LogP contribution in [0.15, 0.2) is 12.2 Å². The van der Waals surface area contributed by atoms with Crippen molar-refractivity contribution in [2.45, 2.75) is 348 Å². The third-order valence-corrected chi connectivity index (χ3v) is 13.8. The summed E-state index contributed by atoms with van der Waals surface area (Å²) in [6, 6.07) is 0. The molecule has 0 aliphatic rings. The molecule has 66 heavy (non-hydrogen) atoms. The Hall–Kier alpha value is -1.36. The van der Waals surface area contributed by atoms with E-state index in [9.17, 15) is 9.59 Å². The molecule has 0 radical (unpaired) electrons. The number of hydrogen-bond donors (Lipinski definition) is 0. The van der Waals surface area contributed by atoms with Gasteiger partial charge in [0.25, 0.3) is 0 Å². The molecule has 5 heteroatoms. The van der Waals surface area contributed by atoms with E-state index in [0.29, 0.717) is 26.1 Å². The Bertz CT molecular complexity index is 963. The van der Waals surface area contributed by atoms with Gasteiger partial charge in [0.15, 0.2) is 6.10 Å². The van der Waals surface area contributed by atoms with Gasteiger partial charge in [0.05, 0.1) is 6.61 Å². The van der Waals surface area contributed by atoms with Gasteiger partial charge in [0.1, 0.15) is 6.61 Å². The highest BCUT2D eigenvalue weighted by Crippen LogP contribution is 2.17. The first-order chi connectivity index (χ1) is 32.6. The number of ether oxygens (including phenoxy) is 3. The van der Waals surface area contributed by atoms with Crippen LogP contribution in [0.4, 0.5) is 0 Å². The van der Waals surface area contributed by atoms with E-state index in [1.807, 2.05) is 0 Å². The lowest BCUT2D eigenvalue weighted by atomic mass is 10.0. The SMILES string of the molecule is CCCCCCCC/C=C\CCCCCCCCOCC(COC(=O)CCCCCCCCCCCCCCCCCCCCC)OC(=O)CCCCCCCCCCCCCCCCC. The molecular formula is C61H118O5. The molecule has 1 atom stereocenters. The van der Waals surface area contributed by atoms with Gasteiger partial charge in [-0.2, -0.15) is 0 Å². The summed E-state index contributed by atoms with van der Waals surface area (Å²) in [5.41, 5.74) is 0. The molecule has 0 N–H and O–H groups in total. The molecular weight excluding hydrogens is 813 g/mol. The monoisotopic (exact) mass is 931 g/mol. The maximum absolute atomic E-state index is 12.9. The van der Waals surface area contributed by atoms with E-state index in [1.165, 1.54) is 270 Å². The van der Waals surface area contributed by atoms with Crippen LogP contribution >= 0.6 is 0 Å². The van der Waals surface area contributed by atoms with Crippen molar-refractivity contribution < 1.29 is 23.8 Å². The largest absolute Gasteiger partial charge is 0.462 e. The standard InChI is InChI=1S/C61H118O5/c1-4-7-10-13-16-19-22-25-28-30-31-32-34-36-39-42-45-48-51-54-60(62)65-58-59(57-64-56-53-50-47-44-41-38-35-29-26-23-20-17-14-11-8-5-2)66-61(63)55-52-49-46-43-40-37-33-27-24-21-18-15-12-9-6-3/h26,29,59H,4-25,27-28,30-58H2,1-3H3/b29-26-. The van der Waals surface area contributed by atoms with Crippen LogP contribution in [0.3, 0.4) is 0 Å². The minimum atomic E-state index is -0.531. The minimum absolute atomic E-state index is 0.0932. The molecule has 0 aliphatic carbocycles. The Labute approximate surface area is 414 Å². The van der Waals surface area contributed by atoms with E-state index < -0.39 is 6.10 Å². The fraction of sp³-hybridized carbons (Fsp3) is 0.934. The molecule has 0 bridgehead atoms. The van der Waals surface area contributed by atoms with E-state index in [0.717, 1.165) is 38.5 Å². The van der Waals surface area contributed by atoms with Gasteiger partial charge >= 0.3 is 11.9 Å². The third-order valence-electron chi connectivity index (χ3n) is 13.8. The Balaban J connectivity index is 4.19. The maximum Gasteiger partial charge on any atom is 0.306 e. The van der Waals surface area contributed by atoms with Crippen LogP contribution < -0.4 is 0 Å². The summed E-state index contributed by atoms with van der Waals surface area (Å²) in [5.74, 6) is -0.371. The van der Waals surface area contributed by atoms with Crippen molar-refractivity contribution in [2.75, 3.05) is 19.8 Å². The third kappa shape index (κ3) is 55.2. The summed E-state index contributed by atoms with van der Waals surface area (Å²) in [5, 5.41) is 0. The van der Waals surface area contributed by atoms with Crippen LogP contribution in [0, 0.1) is 0 Å². The number of carbonyl (C=O) groups excluding carboxylic acids is 2. The molecule has 0 aromatic rings. The summed E-state index contributed by atoms with van der Waals surface area (Å²) >= 11 is 0. The second kappa shape index (κ2) is 58.0. The molecule has 392 valence electrons. The van der Waals surface area contributed by atoms with Crippen LogP contribution in [0.25, 0.3) is 0 Å². The maximum atomic E-state index is 12.9. The van der Waals surface area contributed by atoms with Gasteiger partial charge in [-0.3, -0.25) is 9.59 Å². The normalized spacial score (nSPS) is 12.1. The lowest BCUT2D eigenvalue weighted by Gasteiger charge is -2.18. The molecule has 0 aliphatic heterocycles. The topological polar surface area (TPSA) is 61.8 Å². The average Bonchev–Trinajstić information content (AvgIpc) is 3.32. The first-order valence-electron chi connectivity index (χ1n) is 30.2. The lowest BCUT2D eigenvalue weighted by molar-refractivity contribution is -0.163. The molecule has 5 nitrogen and oxygen atoms in total. The van der Waals surface area contributed by atoms with Crippen LogP contribution in [0.2, 0.25) is 0 Å². The predicted octanol–water partition coefficient (Wildman–Crippen LogP) is 20.6. The van der Waals surface area contributed by atoms with Gasteiger partial charge in [-0.1, -0.05) is 296 Å². The molecule has 0 aromatic heterocycles. The van der Waals surface area contributed by atoms with Gasteiger partial charge in [0, 0.05) is 19.4 Å². The number of hydrogen-bond acceptors (Lipinski definition) is 5. The molecule has 1 unspecified atom stereocenters. The highest BCUT2D eigenvalue weighted by Gasteiger charge is 2.18. The predicted molar refractivity (Wildman–Crippen MR) is 289 cm³/mol. The number of rotatable bonds is 57. The summed E-state index contributed by atoms with van der Waals surface area (Å²) < 4.78 is 17.5. The van der Waals surface area contributed by atoms with Crippen LogP contribution in [0.5, 0.6) is 0 Å². The van der Waals surface area contributed by atoms with E-state index in [-0.39, 0.29) is 18.5 Å². The number of carbonyl (C=O) groups is 2. The van der Waals surface area contributed by atoms with Crippen LogP contribution in [-0.2, 0) is 23.8 Å². The molecule has 0 spiro atoms.